The van der Waals surface area contributed by atoms with E-state index in [0.717, 1.165) is 0 Å². The molecule has 0 radical (unpaired) electrons. The van der Waals surface area contributed by atoms with Crippen molar-refractivity contribution in [3.63, 3.8) is 0 Å². The summed E-state index contributed by atoms with van der Waals surface area (Å²) in [5.74, 6) is 0. The standard InChI is InChI=1S/C5H12O4/c1-3(7)5(9)4(8)2-6/h3-9H,2H2,1H3/t3-,4+,5+/m1/s1. The third-order valence-electron chi connectivity index (χ3n) is 1.08. The zero-order chi connectivity index (χ0) is 7.44. The predicted octanol–water partition coefficient (Wildman–Crippen LogP) is -1.92. The largest absolute Gasteiger partial charge is 0.394 e. The lowest BCUT2D eigenvalue weighted by Gasteiger charge is -2.17. The minimum absolute atomic E-state index is 0.536. The number of rotatable bonds is 3. The highest BCUT2D eigenvalue weighted by molar-refractivity contribution is 4.70. The molecule has 0 aliphatic heterocycles. The van der Waals surface area contributed by atoms with Crippen LogP contribution in [0.25, 0.3) is 0 Å². The number of aliphatic hydroxyl groups is 4. The van der Waals surface area contributed by atoms with Crippen LogP contribution in [0.3, 0.4) is 0 Å². The van der Waals surface area contributed by atoms with Crippen molar-refractivity contribution in [2.75, 3.05) is 6.61 Å². The first-order valence-corrected chi connectivity index (χ1v) is 2.74. The third-order valence-corrected chi connectivity index (χ3v) is 1.08. The van der Waals surface area contributed by atoms with Crippen LogP contribution >= 0.6 is 0 Å². The van der Waals surface area contributed by atoms with Gasteiger partial charge < -0.3 is 20.4 Å². The highest BCUT2D eigenvalue weighted by Gasteiger charge is 2.19. The van der Waals surface area contributed by atoms with Gasteiger partial charge in [-0.1, -0.05) is 0 Å². The van der Waals surface area contributed by atoms with E-state index in [1.54, 1.807) is 0 Å². The molecule has 4 heteroatoms. The highest BCUT2D eigenvalue weighted by atomic mass is 16.4. The molecule has 0 saturated carbocycles. The van der Waals surface area contributed by atoms with Crippen molar-refractivity contribution in [3.05, 3.63) is 0 Å². The summed E-state index contributed by atoms with van der Waals surface area (Å²) in [5.41, 5.74) is 0. The van der Waals surface area contributed by atoms with Crippen LogP contribution < -0.4 is 0 Å². The quantitative estimate of drug-likeness (QED) is 0.364. The molecule has 0 spiro atoms. The van der Waals surface area contributed by atoms with Crippen LogP contribution in [-0.4, -0.2) is 45.3 Å². The topological polar surface area (TPSA) is 80.9 Å². The lowest BCUT2D eigenvalue weighted by molar-refractivity contribution is -0.0698. The Kier molecular flexibility index (Phi) is 3.72. The Balaban J connectivity index is 3.58. The summed E-state index contributed by atoms with van der Waals surface area (Å²) in [4.78, 5) is 0. The Morgan fingerprint density at radius 1 is 1.22 bits per heavy atom. The molecule has 9 heavy (non-hydrogen) atoms. The second-order valence-corrected chi connectivity index (χ2v) is 1.98. The van der Waals surface area contributed by atoms with E-state index in [4.69, 9.17) is 20.4 Å². The minimum Gasteiger partial charge on any atom is -0.394 e. The first-order valence-electron chi connectivity index (χ1n) is 2.74. The molecule has 0 saturated heterocycles. The van der Waals surface area contributed by atoms with Crippen molar-refractivity contribution < 1.29 is 20.4 Å². The summed E-state index contributed by atoms with van der Waals surface area (Å²) >= 11 is 0. The van der Waals surface area contributed by atoms with Crippen LogP contribution in [0.2, 0.25) is 0 Å². The molecular formula is C5H12O4. The van der Waals surface area contributed by atoms with Gasteiger partial charge in [0.15, 0.2) is 0 Å². The van der Waals surface area contributed by atoms with Gasteiger partial charge in [-0.25, -0.2) is 0 Å². The van der Waals surface area contributed by atoms with E-state index in [2.05, 4.69) is 0 Å². The number of aliphatic hydroxyl groups excluding tert-OH is 4. The molecule has 0 aromatic rings. The van der Waals surface area contributed by atoms with Gasteiger partial charge in [-0.05, 0) is 6.92 Å². The van der Waals surface area contributed by atoms with Crippen LogP contribution in [0.5, 0.6) is 0 Å². The van der Waals surface area contributed by atoms with Crippen molar-refractivity contribution in [2.45, 2.75) is 25.2 Å². The molecule has 0 bridgehead atoms. The van der Waals surface area contributed by atoms with Crippen molar-refractivity contribution >= 4 is 0 Å². The monoisotopic (exact) mass is 136 g/mol. The van der Waals surface area contributed by atoms with Crippen molar-refractivity contribution in [3.8, 4) is 0 Å². The van der Waals surface area contributed by atoms with Crippen LogP contribution in [0.15, 0.2) is 0 Å². The molecule has 4 nitrogen and oxygen atoms in total. The van der Waals surface area contributed by atoms with Gasteiger partial charge in [0.25, 0.3) is 0 Å². The molecule has 0 fully saturated rings. The molecule has 3 atom stereocenters. The predicted molar refractivity (Wildman–Crippen MR) is 30.8 cm³/mol. The van der Waals surface area contributed by atoms with Gasteiger partial charge in [0.1, 0.15) is 12.2 Å². The molecule has 0 aliphatic rings. The van der Waals surface area contributed by atoms with E-state index >= 15 is 0 Å². The highest BCUT2D eigenvalue weighted by Crippen LogP contribution is 1.97. The van der Waals surface area contributed by atoms with E-state index in [0.29, 0.717) is 0 Å². The van der Waals surface area contributed by atoms with Gasteiger partial charge in [-0.3, -0.25) is 0 Å². The Hall–Kier alpha value is -0.160. The fourth-order valence-corrected chi connectivity index (χ4v) is 0.429. The Bertz CT molecular complexity index is 73.4. The average molecular weight is 136 g/mol. The molecule has 0 heterocycles. The molecule has 0 aromatic carbocycles. The summed E-state index contributed by atoms with van der Waals surface area (Å²) in [6.07, 6.45) is -3.51. The normalized spacial score (nSPS) is 21.0. The number of hydrogen-bond acceptors (Lipinski definition) is 4. The zero-order valence-electron chi connectivity index (χ0n) is 5.23. The Morgan fingerprint density at radius 2 is 1.67 bits per heavy atom. The van der Waals surface area contributed by atoms with Gasteiger partial charge in [-0.2, -0.15) is 0 Å². The van der Waals surface area contributed by atoms with Crippen molar-refractivity contribution in [1.82, 2.24) is 0 Å². The van der Waals surface area contributed by atoms with Gasteiger partial charge in [0.2, 0.25) is 0 Å². The lowest BCUT2D eigenvalue weighted by Crippen LogP contribution is -2.37. The summed E-state index contributed by atoms with van der Waals surface area (Å²) in [5, 5.41) is 34.2. The van der Waals surface area contributed by atoms with Crippen LogP contribution in [0.4, 0.5) is 0 Å². The first-order chi connectivity index (χ1) is 4.09. The molecular weight excluding hydrogens is 124 g/mol. The zero-order valence-corrected chi connectivity index (χ0v) is 5.23. The maximum Gasteiger partial charge on any atom is 0.108 e. The van der Waals surface area contributed by atoms with Crippen LogP contribution in [0, 0.1) is 0 Å². The summed E-state index contributed by atoms with van der Waals surface area (Å²) in [6, 6.07) is 0. The van der Waals surface area contributed by atoms with Gasteiger partial charge in [0.05, 0.1) is 12.7 Å². The van der Waals surface area contributed by atoms with E-state index in [9.17, 15) is 0 Å². The lowest BCUT2D eigenvalue weighted by atomic mass is 10.1. The molecule has 4 N–H and O–H groups in total. The maximum atomic E-state index is 8.73. The van der Waals surface area contributed by atoms with Gasteiger partial charge in [-0.15, -0.1) is 0 Å². The summed E-state index contributed by atoms with van der Waals surface area (Å²) < 4.78 is 0. The fraction of sp³-hybridized carbons (Fsp3) is 1.00. The minimum atomic E-state index is -1.25. The molecule has 0 amide bonds. The van der Waals surface area contributed by atoms with Gasteiger partial charge in [0, 0.05) is 0 Å². The Labute approximate surface area is 53.4 Å². The van der Waals surface area contributed by atoms with E-state index in [1.165, 1.54) is 6.92 Å². The van der Waals surface area contributed by atoms with Crippen LogP contribution in [0.1, 0.15) is 6.92 Å². The summed E-state index contributed by atoms with van der Waals surface area (Å²) in [7, 11) is 0. The molecule has 56 valence electrons. The third kappa shape index (κ3) is 2.76. The smallest absolute Gasteiger partial charge is 0.108 e. The molecule has 0 rings (SSSR count). The van der Waals surface area contributed by atoms with Crippen molar-refractivity contribution in [2.24, 2.45) is 0 Å². The van der Waals surface area contributed by atoms with Gasteiger partial charge >= 0.3 is 0 Å². The number of hydrogen-bond donors (Lipinski definition) is 4. The molecule has 0 unspecified atom stereocenters. The SMILES string of the molecule is C[C@@H](O)[C@H](O)[C@@H](O)CO. The summed E-state index contributed by atoms with van der Waals surface area (Å²) in [6.45, 7) is 0.801. The maximum absolute atomic E-state index is 8.73. The average Bonchev–Trinajstić information content (AvgIpc) is 1.84. The Morgan fingerprint density at radius 3 is 1.78 bits per heavy atom. The van der Waals surface area contributed by atoms with E-state index in [-0.39, 0.29) is 0 Å². The van der Waals surface area contributed by atoms with E-state index < -0.39 is 24.9 Å². The fourth-order valence-electron chi connectivity index (χ4n) is 0.429. The second-order valence-electron chi connectivity index (χ2n) is 1.98. The van der Waals surface area contributed by atoms with E-state index in [1.807, 2.05) is 0 Å². The van der Waals surface area contributed by atoms with Crippen molar-refractivity contribution in [1.29, 1.82) is 0 Å². The molecule has 0 aromatic heterocycles. The second kappa shape index (κ2) is 3.79. The first kappa shape index (κ1) is 8.84. The van der Waals surface area contributed by atoms with Crippen LogP contribution in [-0.2, 0) is 0 Å². The molecule has 0 aliphatic carbocycles.